The van der Waals surface area contributed by atoms with Gasteiger partial charge in [-0.3, -0.25) is 9.59 Å². The van der Waals surface area contributed by atoms with Crippen molar-refractivity contribution >= 4 is 28.4 Å². The summed E-state index contributed by atoms with van der Waals surface area (Å²) >= 11 is 1.71. The van der Waals surface area contributed by atoms with Gasteiger partial charge in [-0.1, -0.05) is 30.0 Å². The van der Waals surface area contributed by atoms with Gasteiger partial charge in [-0.2, -0.15) is 5.10 Å². The molecule has 8 heteroatoms. The van der Waals surface area contributed by atoms with Crippen molar-refractivity contribution in [3.05, 3.63) is 52.7 Å². The number of nitrogens with one attached hydrogen (secondary N) is 1. The van der Waals surface area contributed by atoms with Crippen LogP contribution in [0.2, 0.25) is 0 Å². The van der Waals surface area contributed by atoms with Crippen LogP contribution in [0.5, 0.6) is 0 Å². The smallest absolute Gasteiger partial charge is 0.275 e. The Morgan fingerprint density at radius 2 is 2.21 bits per heavy atom. The molecule has 0 unspecified atom stereocenters. The Labute approximate surface area is 141 Å². The number of imidazole rings is 1. The third kappa shape index (κ3) is 2.80. The molecule has 1 amide bonds. The van der Waals surface area contributed by atoms with Gasteiger partial charge < -0.3 is 9.88 Å². The minimum Gasteiger partial charge on any atom is -0.349 e. The highest BCUT2D eigenvalue weighted by atomic mass is 32.2. The number of carbonyl (C=O) groups is 1. The maximum Gasteiger partial charge on any atom is 0.275 e. The molecule has 1 aromatic carbocycles. The summed E-state index contributed by atoms with van der Waals surface area (Å²) in [4.78, 5) is 28.9. The maximum atomic E-state index is 12.3. The second-order valence-electron chi connectivity index (χ2n) is 5.53. The van der Waals surface area contributed by atoms with Gasteiger partial charge in [-0.15, -0.1) is 0 Å². The summed E-state index contributed by atoms with van der Waals surface area (Å²) < 4.78 is 3.27. The predicted octanol–water partition coefficient (Wildman–Crippen LogP) is 1.02. The normalized spacial score (nSPS) is 13.2. The van der Waals surface area contributed by atoms with Crippen LogP contribution in [-0.2, 0) is 24.4 Å². The topological polar surface area (TPSA) is 81.8 Å². The number of aryl methyl sites for hydroxylation is 1. The number of carbonyl (C=O) groups excluding carboxylic acids is 1. The molecule has 4 rings (SSSR count). The van der Waals surface area contributed by atoms with E-state index in [0.29, 0.717) is 11.9 Å². The van der Waals surface area contributed by atoms with Crippen molar-refractivity contribution in [3.63, 3.8) is 0 Å². The molecule has 1 N–H and O–H groups in total. The van der Waals surface area contributed by atoms with Crippen molar-refractivity contribution < 1.29 is 4.79 Å². The molecule has 0 atom stereocenters. The average molecular weight is 341 g/mol. The number of fused-ring (bicyclic) bond motifs is 2. The number of rotatable bonds is 4. The van der Waals surface area contributed by atoms with Gasteiger partial charge in [-0.05, 0) is 6.07 Å². The van der Waals surface area contributed by atoms with E-state index in [4.69, 9.17) is 0 Å². The number of hydrogen-bond acceptors (Lipinski definition) is 5. The van der Waals surface area contributed by atoms with Crippen molar-refractivity contribution in [1.82, 2.24) is 24.6 Å². The molecule has 3 heterocycles. The number of benzene rings is 1. The molecule has 1 aliphatic heterocycles. The molecule has 0 saturated heterocycles. The van der Waals surface area contributed by atoms with Gasteiger partial charge in [0.1, 0.15) is 6.54 Å². The predicted molar refractivity (Wildman–Crippen MR) is 90.8 cm³/mol. The summed E-state index contributed by atoms with van der Waals surface area (Å²) in [6.07, 6.45) is 3.55. The Bertz CT molecular complexity index is 957. The number of nitrogens with zero attached hydrogens (tertiary/aromatic N) is 4. The largest absolute Gasteiger partial charge is 0.349 e. The zero-order valence-corrected chi connectivity index (χ0v) is 13.6. The number of aromatic nitrogens is 4. The van der Waals surface area contributed by atoms with Crippen molar-refractivity contribution in [2.45, 2.75) is 24.8 Å². The van der Waals surface area contributed by atoms with E-state index in [1.807, 2.05) is 18.3 Å². The molecule has 0 fully saturated rings. The second kappa shape index (κ2) is 6.12. The zero-order valence-electron chi connectivity index (χ0n) is 12.8. The zero-order chi connectivity index (χ0) is 16.5. The third-order valence-corrected chi connectivity index (χ3v) is 4.85. The Balaban J connectivity index is 1.44. The van der Waals surface area contributed by atoms with E-state index in [0.717, 1.165) is 28.5 Å². The minimum absolute atomic E-state index is 0.105. The minimum atomic E-state index is -0.263. The third-order valence-electron chi connectivity index (χ3n) is 3.88. The summed E-state index contributed by atoms with van der Waals surface area (Å²) in [5.74, 6) is 0.784. The van der Waals surface area contributed by atoms with Crippen molar-refractivity contribution in [2.24, 2.45) is 0 Å². The van der Waals surface area contributed by atoms with Gasteiger partial charge in [-0.25, -0.2) is 9.67 Å². The highest BCUT2D eigenvalue weighted by Gasteiger charge is 2.15. The van der Waals surface area contributed by atoms with Crippen LogP contribution in [0.3, 0.4) is 0 Å². The first-order chi connectivity index (χ1) is 11.7. The fraction of sp³-hybridized carbons (Fsp3) is 0.250. The number of amides is 1. The van der Waals surface area contributed by atoms with Crippen LogP contribution >= 0.6 is 11.8 Å². The van der Waals surface area contributed by atoms with Gasteiger partial charge in [0.25, 0.3) is 5.56 Å². The fourth-order valence-corrected chi connectivity index (χ4v) is 3.63. The quantitative estimate of drug-likeness (QED) is 0.766. The first kappa shape index (κ1) is 14.9. The Hall–Kier alpha value is -2.61. The highest BCUT2D eigenvalue weighted by molar-refractivity contribution is 7.99. The monoisotopic (exact) mass is 341 g/mol. The average Bonchev–Trinajstić information content (AvgIpc) is 3.17. The van der Waals surface area contributed by atoms with E-state index in [-0.39, 0.29) is 18.0 Å². The van der Waals surface area contributed by atoms with E-state index < -0.39 is 0 Å². The van der Waals surface area contributed by atoms with E-state index in [1.54, 1.807) is 30.1 Å². The lowest BCUT2D eigenvalue weighted by molar-refractivity contribution is -0.122. The Kier molecular flexibility index (Phi) is 3.81. The fourth-order valence-electron chi connectivity index (χ4n) is 2.67. The van der Waals surface area contributed by atoms with Crippen molar-refractivity contribution in [1.29, 1.82) is 0 Å². The molecule has 1 aliphatic rings. The van der Waals surface area contributed by atoms with Crippen LogP contribution in [0, 0.1) is 0 Å². The molecule has 0 bridgehead atoms. The van der Waals surface area contributed by atoms with E-state index in [9.17, 15) is 9.59 Å². The molecule has 24 heavy (non-hydrogen) atoms. The molecule has 7 nitrogen and oxygen atoms in total. The van der Waals surface area contributed by atoms with Crippen LogP contribution in [0.1, 0.15) is 5.69 Å². The van der Waals surface area contributed by atoms with Crippen LogP contribution in [0.15, 0.2) is 46.6 Å². The standard InChI is InChI=1S/C16H15N5O2S/c22-14(17-8-12-9-20-5-6-24-16(20)19-12)10-21-15(23)13-4-2-1-3-11(13)7-18-21/h1-4,7,9H,5-6,8,10H2,(H,17,22). The Morgan fingerprint density at radius 1 is 1.33 bits per heavy atom. The second-order valence-corrected chi connectivity index (χ2v) is 6.59. The summed E-state index contributed by atoms with van der Waals surface area (Å²) in [5, 5.41) is 9.17. The van der Waals surface area contributed by atoms with Gasteiger partial charge in [0, 0.05) is 23.9 Å². The molecule has 3 aromatic rings. The summed E-state index contributed by atoms with van der Waals surface area (Å²) in [5.41, 5.74) is 0.560. The molecular formula is C16H15N5O2S. The van der Waals surface area contributed by atoms with Crippen LogP contribution in [-0.4, -0.2) is 31.0 Å². The van der Waals surface area contributed by atoms with Crippen molar-refractivity contribution in [2.75, 3.05) is 5.75 Å². The number of hydrogen-bond donors (Lipinski definition) is 1. The molecule has 0 radical (unpaired) electrons. The summed E-state index contributed by atoms with van der Waals surface area (Å²) in [6.45, 7) is 1.20. The van der Waals surface area contributed by atoms with Gasteiger partial charge in [0.15, 0.2) is 5.16 Å². The van der Waals surface area contributed by atoms with E-state index >= 15 is 0 Å². The lowest BCUT2D eigenvalue weighted by Gasteiger charge is -2.06. The highest BCUT2D eigenvalue weighted by Crippen LogP contribution is 2.24. The van der Waals surface area contributed by atoms with Gasteiger partial charge >= 0.3 is 0 Å². The SMILES string of the molecule is O=C(Cn1ncc2ccccc2c1=O)NCc1cn2c(n1)SCC2. The maximum absolute atomic E-state index is 12.3. The first-order valence-electron chi connectivity index (χ1n) is 7.61. The molecule has 0 aliphatic carbocycles. The lowest BCUT2D eigenvalue weighted by Crippen LogP contribution is -2.33. The molecule has 0 spiro atoms. The summed E-state index contributed by atoms with van der Waals surface area (Å²) in [6, 6.07) is 7.20. The molecular weight excluding hydrogens is 326 g/mol. The van der Waals surface area contributed by atoms with Crippen LogP contribution < -0.4 is 10.9 Å². The van der Waals surface area contributed by atoms with Crippen LogP contribution in [0.4, 0.5) is 0 Å². The van der Waals surface area contributed by atoms with Crippen molar-refractivity contribution in [3.8, 4) is 0 Å². The summed E-state index contributed by atoms with van der Waals surface area (Å²) in [7, 11) is 0. The lowest BCUT2D eigenvalue weighted by atomic mass is 10.2. The first-order valence-corrected chi connectivity index (χ1v) is 8.60. The number of thioether (sulfide) groups is 1. The molecule has 122 valence electrons. The Morgan fingerprint density at radius 3 is 3.08 bits per heavy atom. The van der Waals surface area contributed by atoms with E-state index in [1.165, 1.54) is 4.68 Å². The molecule has 2 aromatic heterocycles. The van der Waals surface area contributed by atoms with Crippen LogP contribution in [0.25, 0.3) is 10.8 Å². The van der Waals surface area contributed by atoms with Gasteiger partial charge in [0.2, 0.25) is 5.91 Å². The molecule has 0 saturated carbocycles. The van der Waals surface area contributed by atoms with Gasteiger partial charge in [0.05, 0.1) is 23.8 Å². The van der Waals surface area contributed by atoms with E-state index in [2.05, 4.69) is 20.0 Å².